The molecule has 1 unspecified atom stereocenters. The third-order valence-corrected chi connectivity index (χ3v) is 3.82. The van der Waals surface area contributed by atoms with Gasteiger partial charge in [0.05, 0.1) is 19.6 Å². The molecule has 1 aliphatic carbocycles. The minimum absolute atomic E-state index is 0.00175. The van der Waals surface area contributed by atoms with E-state index in [-0.39, 0.29) is 31.1 Å². The second-order valence-corrected chi connectivity index (χ2v) is 5.83. The lowest BCUT2D eigenvalue weighted by atomic mass is 10.3. The van der Waals surface area contributed by atoms with Crippen LogP contribution in [-0.4, -0.2) is 78.4 Å². The fourth-order valence-corrected chi connectivity index (χ4v) is 2.56. The molecule has 2 fully saturated rings. The van der Waals surface area contributed by atoms with E-state index in [2.05, 4.69) is 10.2 Å². The van der Waals surface area contributed by atoms with Gasteiger partial charge in [0, 0.05) is 38.3 Å². The standard InChI is InChI=1S/C14H25N3O4/c1-11(10-16-6-8-21-9-7-16)15-14(20)17(12-2-3-12)5-4-13(18)19/h11-12H,2-10H2,1H3,(H,15,20)(H,18,19). The Morgan fingerprint density at radius 1 is 1.38 bits per heavy atom. The second-order valence-electron chi connectivity index (χ2n) is 5.83. The van der Waals surface area contributed by atoms with Crippen molar-refractivity contribution >= 4 is 12.0 Å². The molecule has 21 heavy (non-hydrogen) atoms. The summed E-state index contributed by atoms with van der Waals surface area (Å²) in [4.78, 5) is 26.9. The molecule has 2 N–H and O–H groups in total. The zero-order valence-corrected chi connectivity index (χ0v) is 12.6. The van der Waals surface area contributed by atoms with Crippen molar-refractivity contribution in [2.75, 3.05) is 39.4 Å². The number of nitrogens with zero attached hydrogens (tertiary/aromatic N) is 2. The molecule has 1 saturated heterocycles. The smallest absolute Gasteiger partial charge is 0.317 e. The van der Waals surface area contributed by atoms with Crippen molar-refractivity contribution in [2.24, 2.45) is 0 Å². The Labute approximate surface area is 125 Å². The monoisotopic (exact) mass is 299 g/mol. The van der Waals surface area contributed by atoms with Crippen LogP contribution < -0.4 is 5.32 Å². The molecule has 1 saturated carbocycles. The summed E-state index contributed by atoms with van der Waals surface area (Å²) >= 11 is 0. The van der Waals surface area contributed by atoms with E-state index in [9.17, 15) is 9.59 Å². The number of aliphatic carboxylic acids is 1. The van der Waals surface area contributed by atoms with Crippen LogP contribution in [0.15, 0.2) is 0 Å². The Morgan fingerprint density at radius 2 is 2.05 bits per heavy atom. The van der Waals surface area contributed by atoms with Gasteiger partial charge in [0.1, 0.15) is 0 Å². The first-order valence-electron chi connectivity index (χ1n) is 7.65. The predicted molar refractivity (Wildman–Crippen MR) is 77.2 cm³/mol. The van der Waals surface area contributed by atoms with Crippen LogP contribution in [-0.2, 0) is 9.53 Å². The number of ether oxygens (including phenoxy) is 1. The highest BCUT2D eigenvalue weighted by atomic mass is 16.5. The normalized spacial score (nSPS) is 20.8. The van der Waals surface area contributed by atoms with Gasteiger partial charge in [0.15, 0.2) is 0 Å². The summed E-state index contributed by atoms with van der Waals surface area (Å²) in [6.07, 6.45) is 1.96. The van der Waals surface area contributed by atoms with E-state index in [0.29, 0.717) is 0 Å². The first kappa shape index (κ1) is 16.0. The number of hydrogen-bond acceptors (Lipinski definition) is 4. The van der Waals surface area contributed by atoms with E-state index in [0.717, 1.165) is 45.7 Å². The van der Waals surface area contributed by atoms with Crippen LogP contribution in [0, 0.1) is 0 Å². The SMILES string of the molecule is CC(CN1CCOCC1)NC(=O)N(CCC(=O)O)C1CC1. The number of amides is 2. The highest BCUT2D eigenvalue weighted by Crippen LogP contribution is 2.27. The number of carboxylic acid groups (broad SMARTS) is 1. The van der Waals surface area contributed by atoms with Gasteiger partial charge in [0.2, 0.25) is 0 Å². The number of hydrogen-bond donors (Lipinski definition) is 2. The third-order valence-electron chi connectivity index (χ3n) is 3.82. The molecule has 1 atom stereocenters. The van der Waals surface area contributed by atoms with Crippen LogP contribution in [0.2, 0.25) is 0 Å². The fraction of sp³-hybridized carbons (Fsp3) is 0.857. The number of rotatable bonds is 7. The minimum atomic E-state index is -0.866. The summed E-state index contributed by atoms with van der Waals surface area (Å²) in [7, 11) is 0. The van der Waals surface area contributed by atoms with E-state index in [1.54, 1.807) is 4.90 Å². The zero-order chi connectivity index (χ0) is 15.2. The van der Waals surface area contributed by atoms with E-state index >= 15 is 0 Å². The first-order valence-corrected chi connectivity index (χ1v) is 7.65. The third kappa shape index (κ3) is 5.51. The molecule has 7 heteroatoms. The van der Waals surface area contributed by atoms with Gasteiger partial charge in [-0.15, -0.1) is 0 Å². The van der Waals surface area contributed by atoms with Crippen molar-refractivity contribution in [1.82, 2.24) is 15.1 Å². The van der Waals surface area contributed by atoms with Crippen LogP contribution in [0.25, 0.3) is 0 Å². The Balaban J connectivity index is 1.75. The van der Waals surface area contributed by atoms with Crippen LogP contribution in [0.1, 0.15) is 26.2 Å². The Kier molecular flexibility index (Phi) is 5.81. The Bertz CT molecular complexity index is 367. The molecule has 2 rings (SSSR count). The van der Waals surface area contributed by atoms with Crippen LogP contribution >= 0.6 is 0 Å². The largest absolute Gasteiger partial charge is 0.481 e. The van der Waals surface area contributed by atoms with Crippen LogP contribution in [0.3, 0.4) is 0 Å². The molecule has 0 radical (unpaired) electrons. The lowest BCUT2D eigenvalue weighted by Gasteiger charge is -2.30. The van der Waals surface area contributed by atoms with Gasteiger partial charge in [0.25, 0.3) is 0 Å². The van der Waals surface area contributed by atoms with E-state index in [1.165, 1.54) is 0 Å². The van der Waals surface area contributed by atoms with Gasteiger partial charge in [-0.25, -0.2) is 4.79 Å². The number of carbonyl (C=O) groups excluding carboxylic acids is 1. The molecule has 2 aliphatic rings. The van der Waals surface area contributed by atoms with Gasteiger partial charge in [-0.2, -0.15) is 0 Å². The van der Waals surface area contributed by atoms with Crippen molar-refractivity contribution in [3.05, 3.63) is 0 Å². The number of nitrogens with one attached hydrogen (secondary N) is 1. The molecule has 7 nitrogen and oxygen atoms in total. The Morgan fingerprint density at radius 3 is 2.62 bits per heavy atom. The van der Waals surface area contributed by atoms with E-state index < -0.39 is 5.97 Å². The van der Waals surface area contributed by atoms with Crippen molar-refractivity contribution < 1.29 is 19.4 Å². The van der Waals surface area contributed by atoms with E-state index in [1.807, 2.05) is 6.92 Å². The van der Waals surface area contributed by atoms with Gasteiger partial charge < -0.3 is 20.1 Å². The molecule has 0 aromatic heterocycles. The average molecular weight is 299 g/mol. The summed E-state index contributed by atoms with van der Waals surface area (Å²) in [5.74, 6) is -0.866. The molecule has 0 spiro atoms. The zero-order valence-electron chi connectivity index (χ0n) is 12.6. The van der Waals surface area contributed by atoms with Crippen LogP contribution in [0.5, 0.6) is 0 Å². The molecule has 0 aromatic carbocycles. The summed E-state index contributed by atoms with van der Waals surface area (Å²) in [5.41, 5.74) is 0. The van der Waals surface area contributed by atoms with Gasteiger partial charge >= 0.3 is 12.0 Å². The summed E-state index contributed by atoms with van der Waals surface area (Å²) in [6.45, 7) is 6.34. The molecule has 0 bridgehead atoms. The highest BCUT2D eigenvalue weighted by molar-refractivity contribution is 5.76. The molecular weight excluding hydrogens is 274 g/mol. The van der Waals surface area contributed by atoms with Gasteiger partial charge in [-0.05, 0) is 19.8 Å². The maximum Gasteiger partial charge on any atom is 0.317 e. The lowest BCUT2D eigenvalue weighted by Crippen LogP contribution is -2.50. The summed E-state index contributed by atoms with van der Waals surface area (Å²) < 4.78 is 5.30. The minimum Gasteiger partial charge on any atom is -0.481 e. The second kappa shape index (κ2) is 7.61. The fourth-order valence-electron chi connectivity index (χ4n) is 2.56. The number of urea groups is 1. The van der Waals surface area contributed by atoms with Crippen molar-refractivity contribution in [3.8, 4) is 0 Å². The molecule has 0 aromatic rings. The van der Waals surface area contributed by atoms with Gasteiger partial charge in [-0.3, -0.25) is 9.69 Å². The topological polar surface area (TPSA) is 82.1 Å². The maximum atomic E-state index is 12.3. The van der Waals surface area contributed by atoms with Crippen LogP contribution in [0.4, 0.5) is 4.79 Å². The molecule has 1 aliphatic heterocycles. The molecule has 1 heterocycles. The predicted octanol–water partition coefficient (Wildman–Crippen LogP) is 0.356. The highest BCUT2D eigenvalue weighted by Gasteiger charge is 2.33. The summed E-state index contributed by atoms with van der Waals surface area (Å²) in [6, 6.07) is 0.126. The molecule has 120 valence electrons. The Hall–Kier alpha value is -1.34. The molecule has 2 amide bonds. The first-order chi connectivity index (χ1) is 10.1. The average Bonchev–Trinajstić information content (AvgIpc) is 3.24. The molecular formula is C14H25N3O4. The number of morpholine rings is 1. The number of carbonyl (C=O) groups is 2. The maximum absolute atomic E-state index is 12.3. The van der Waals surface area contributed by atoms with Crippen molar-refractivity contribution in [1.29, 1.82) is 0 Å². The van der Waals surface area contributed by atoms with Crippen molar-refractivity contribution in [3.63, 3.8) is 0 Å². The lowest BCUT2D eigenvalue weighted by molar-refractivity contribution is -0.137. The van der Waals surface area contributed by atoms with Gasteiger partial charge in [-0.1, -0.05) is 0 Å². The number of carboxylic acids is 1. The quantitative estimate of drug-likeness (QED) is 0.709. The van der Waals surface area contributed by atoms with Crippen molar-refractivity contribution in [2.45, 2.75) is 38.3 Å². The summed E-state index contributed by atoms with van der Waals surface area (Å²) in [5, 5.41) is 11.8. The van der Waals surface area contributed by atoms with E-state index in [4.69, 9.17) is 9.84 Å².